The van der Waals surface area contributed by atoms with E-state index in [9.17, 15) is 0 Å². The van der Waals surface area contributed by atoms with E-state index < -0.39 is 0 Å². The highest BCUT2D eigenvalue weighted by atomic mass is 15.2. The van der Waals surface area contributed by atoms with E-state index in [0.717, 1.165) is 0 Å². The summed E-state index contributed by atoms with van der Waals surface area (Å²) in [5, 5.41) is 29.4. The lowest BCUT2D eigenvalue weighted by atomic mass is 9.79. The molecule has 0 saturated carbocycles. The summed E-state index contributed by atoms with van der Waals surface area (Å²) < 4.78 is 0. The first-order chi connectivity index (χ1) is 40.1. The lowest BCUT2D eigenvalue weighted by Gasteiger charge is -2.33. The molecule has 0 atom stereocenters. The zero-order valence-electron chi connectivity index (χ0n) is 49.2. The van der Waals surface area contributed by atoms with Crippen molar-refractivity contribution in [1.29, 1.82) is 0 Å². The lowest BCUT2D eigenvalue weighted by molar-refractivity contribution is 0.590. The number of nitrogens with zero attached hydrogens (tertiary/aromatic N) is 1. The summed E-state index contributed by atoms with van der Waals surface area (Å²) in [5.74, 6) is 0. The summed E-state index contributed by atoms with van der Waals surface area (Å²) in [6.45, 7) is 23.3. The van der Waals surface area contributed by atoms with Crippen LogP contribution >= 0.6 is 0 Å². The standard InChI is InChI=1S/C82H65N/c1-44(2)83(45(3)4)53-30-29-47-42-66-67(43-50(47)41-53)70(49-22-17-24-52(40-49)82(8,9)10)79-64-37-33-57-59-31-35-62-75-65(80-76-56-26-15-14-25-54(56)55-27-18-28-61(73(55)76)68(77(62)80)46-19-12-11-13-20-46)38-34-60(72(59)75)58-32-36-63(74(64)71(57)58)78(79)69(66)48-21-16-23-51(39-48)81(5,6)7/h11-45H,1-10H3. The number of hydrogen-bond donors (Lipinski definition) is 0. The Balaban J connectivity index is 1.02. The molecule has 0 aromatic heterocycles. The van der Waals surface area contributed by atoms with E-state index in [1.807, 2.05) is 0 Å². The molecule has 0 N–H and O–H groups in total. The van der Waals surface area contributed by atoms with Crippen LogP contribution in [0.5, 0.6) is 0 Å². The minimum Gasteiger partial charge on any atom is -0.367 e. The summed E-state index contributed by atoms with van der Waals surface area (Å²) in [6, 6.07) is 79.3. The van der Waals surface area contributed by atoms with Gasteiger partial charge in [-0.3, -0.25) is 0 Å². The number of benzene rings is 14. The summed E-state index contributed by atoms with van der Waals surface area (Å²) in [5.41, 5.74) is 17.0. The van der Waals surface area contributed by atoms with Gasteiger partial charge in [0, 0.05) is 17.8 Å². The second-order valence-corrected chi connectivity index (χ2v) is 27.0. The zero-order chi connectivity index (χ0) is 56.3. The van der Waals surface area contributed by atoms with Crippen LogP contribution in [0.3, 0.4) is 0 Å². The van der Waals surface area contributed by atoms with E-state index in [2.05, 4.69) is 274 Å². The van der Waals surface area contributed by atoms with Gasteiger partial charge in [-0.2, -0.15) is 0 Å². The maximum absolute atomic E-state index is 2.55. The molecule has 0 bridgehead atoms. The molecule has 1 heteroatoms. The van der Waals surface area contributed by atoms with Crippen molar-refractivity contribution in [2.75, 3.05) is 4.90 Å². The van der Waals surface area contributed by atoms with Crippen molar-refractivity contribution >= 4 is 124 Å². The van der Waals surface area contributed by atoms with Gasteiger partial charge in [-0.1, -0.05) is 217 Å². The first-order valence-electron chi connectivity index (χ1n) is 30.2. The van der Waals surface area contributed by atoms with Crippen molar-refractivity contribution in [2.24, 2.45) is 0 Å². The molecule has 1 aliphatic rings. The molecule has 83 heavy (non-hydrogen) atoms. The third-order valence-electron chi connectivity index (χ3n) is 19.6. The third kappa shape index (κ3) is 6.54. The molecule has 0 heterocycles. The molecule has 0 aliphatic heterocycles. The van der Waals surface area contributed by atoms with E-state index in [1.54, 1.807) is 0 Å². The molecule has 0 radical (unpaired) electrons. The van der Waals surface area contributed by atoms with Crippen LogP contribution in [-0.2, 0) is 10.8 Å². The fourth-order valence-corrected chi connectivity index (χ4v) is 16.1. The van der Waals surface area contributed by atoms with Gasteiger partial charge >= 0.3 is 0 Å². The van der Waals surface area contributed by atoms with E-state index in [1.165, 1.54) is 191 Å². The smallest absolute Gasteiger partial charge is 0.0377 e. The van der Waals surface area contributed by atoms with E-state index in [4.69, 9.17) is 0 Å². The Labute approximate surface area is 485 Å². The monoisotopic (exact) mass is 1060 g/mol. The molecule has 0 saturated heterocycles. The molecule has 0 spiro atoms. The maximum Gasteiger partial charge on any atom is 0.0377 e. The van der Waals surface area contributed by atoms with Gasteiger partial charge in [-0.05, 0) is 248 Å². The molecule has 1 aliphatic carbocycles. The lowest BCUT2D eigenvalue weighted by Crippen LogP contribution is -2.36. The molecule has 17 rings (SSSR count). The largest absolute Gasteiger partial charge is 0.367 e. The summed E-state index contributed by atoms with van der Waals surface area (Å²) >= 11 is 0. The average molecular weight is 1060 g/mol. The SMILES string of the molecule is CC(C)N(c1ccc2cc3c(-c4cccc(C(C)(C)C)c4)c4c(c(-c5cccc(C(C)(C)C)c5)c3cc2c1)-c1ccc2c3ccc5c6c(-c7ccccc7)c7cccc8c9ccccc9c(c78)c6c6ccc(c7ccc-4c1c27)c3c56)C(C)C. The number of rotatable bonds is 6. The molecule has 0 fully saturated rings. The molecule has 1 nitrogen and oxygen atoms in total. The molecule has 0 unspecified atom stereocenters. The van der Waals surface area contributed by atoms with Gasteiger partial charge < -0.3 is 4.90 Å². The van der Waals surface area contributed by atoms with Gasteiger partial charge in [0.1, 0.15) is 0 Å². The van der Waals surface area contributed by atoms with Crippen molar-refractivity contribution in [3.8, 4) is 55.6 Å². The first kappa shape index (κ1) is 48.6. The molecule has 0 amide bonds. The van der Waals surface area contributed by atoms with Gasteiger partial charge in [0.25, 0.3) is 0 Å². The Morgan fingerprint density at radius 2 is 0.687 bits per heavy atom. The van der Waals surface area contributed by atoms with Crippen LogP contribution in [0, 0.1) is 0 Å². The van der Waals surface area contributed by atoms with Crippen LogP contribution in [0.25, 0.3) is 174 Å². The summed E-state index contributed by atoms with van der Waals surface area (Å²) in [4.78, 5) is 2.55. The third-order valence-corrected chi connectivity index (χ3v) is 19.6. The topological polar surface area (TPSA) is 3.24 Å². The summed E-state index contributed by atoms with van der Waals surface area (Å²) in [7, 11) is 0. The van der Waals surface area contributed by atoms with Crippen molar-refractivity contribution in [3.05, 3.63) is 211 Å². The number of anilines is 1. The summed E-state index contributed by atoms with van der Waals surface area (Å²) in [6.07, 6.45) is 0. The Hall–Kier alpha value is -9.04. The van der Waals surface area contributed by atoms with Crippen LogP contribution in [0.15, 0.2) is 200 Å². The highest BCUT2D eigenvalue weighted by Gasteiger charge is 2.35. The quantitative estimate of drug-likeness (QED) is 0.118. The second kappa shape index (κ2) is 16.8. The van der Waals surface area contributed by atoms with Crippen LogP contribution in [0.4, 0.5) is 5.69 Å². The molecular formula is C82H65N. The zero-order valence-corrected chi connectivity index (χ0v) is 49.2. The Morgan fingerprint density at radius 1 is 0.265 bits per heavy atom. The van der Waals surface area contributed by atoms with Gasteiger partial charge in [-0.15, -0.1) is 0 Å². The Kier molecular flexibility index (Phi) is 9.85. The van der Waals surface area contributed by atoms with Gasteiger partial charge in [0.2, 0.25) is 0 Å². The average Bonchev–Trinajstić information content (AvgIpc) is 1.65. The van der Waals surface area contributed by atoms with Crippen LogP contribution in [0.1, 0.15) is 80.4 Å². The maximum atomic E-state index is 2.55. The molecule has 16 aromatic rings. The molecular weight excluding hydrogens is 999 g/mol. The van der Waals surface area contributed by atoms with Gasteiger partial charge in [0.05, 0.1) is 0 Å². The van der Waals surface area contributed by atoms with Crippen molar-refractivity contribution < 1.29 is 0 Å². The number of hydrogen-bond acceptors (Lipinski definition) is 1. The first-order valence-corrected chi connectivity index (χ1v) is 30.2. The highest BCUT2D eigenvalue weighted by Crippen LogP contribution is 2.62. The highest BCUT2D eigenvalue weighted by molar-refractivity contribution is 6.51. The Morgan fingerprint density at radius 3 is 1.28 bits per heavy atom. The van der Waals surface area contributed by atoms with Crippen molar-refractivity contribution in [3.63, 3.8) is 0 Å². The minimum absolute atomic E-state index is 0.0351. The second-order valence-electron chi connectivity index (χ2n) is 27.0. The fourth-order valence-electron chi connectivity index (χ4n) is 16.1. The predicted octanol–water partition coefficient (Wildman–Crippen LogP) is 23.6. The van der Waals surface area contributed by atoms with Gasteiger partial charge in [-0.25, -0.2) is 0 Å². The van der Waals surface area contributed by atoms with Crippen molar-refractivity contribution in [2.45, 2.75) is 92.2 Å². The van der Waals surface area contributed by atoms with Gasteiger partial charge in [0.15, 0.2) is 0 Å². The normalized spacial score (nSPS) is 13.2. The molecule has 16 aromatic carbocycles. The van der Waals surface area contributed by atoms with Crippen LogP contribution in [-0.4, -0.2) is 12.1 Å². The van der Waals surface area contributed by atoms with E-state index >= 15 is 0 Å². The van der Waals surface area contributed by atoms with Crippen LogP contribution in [0.2, 0.25) is 0 Å². The predicted molar refractivity (Wildman–Crippen MR) is 363 cm³/mol. The van der Waals surface area contributed by atoms with Crippen molar-refractivity contribution in [1.82, 2.24) is 0 Å². The van der Waals surface area contributed by atoms with Crippen LogP contribution < -0.4 is 4.90 Å². The van der Waals surface area contributed by atoms with E-state index in [0.29, 0.717) is 12.1 Å². The molecule has 398 valence electrons. The fraction of sp³-hybridized carbons (Fsp3) is 0.171. The Bertz CT molecular complexity index is 5420. The minimum atomic E-state index is -0.0381. The number of fused-ring (bicyclic) bond motifs is 14. The van der Waals surface area contributed by atoms with E-state index in [-0.39, 0.29) is 10.8 Å².